The Kier molecular flexibility index (Phi) is 4.82. The standard InChI is InChI=1S/C16H19N7O2/c1-3-14-13(9-16-17-20-21-18-16)15(4-2)22(19-14)10-11-5-7-12(8-6-11)23(24)25/h5-8H,3-4,9-10H2,1-2H3,(H,17,18,20,21). The Morgan fingerprint density at radius 1 is 1.20 bits per heavy atom. The van der Waals surface area contributed by atoms with Crippen molar-refractivity contribution in [1.82, 2.24) is 30.4 Å². The van der Waals surface area contributed by atoms with Gasteiger partial charge in [-0.25, -0.2) is 5.10 Å². The average Bonchev–Trinajstić information content (AvgIpc) is 3.23. The van der Waals surface area contributed by atoms with E-state index in [2.05, 4.69) is 34.5 Å². The molecule has 1 N–H and O–H groups in total. The van der Waals surface area contributed by atoms with E-state index in [1.165, 1.54) is 12.1 Å². The van der Waals surface area contributed by atoms with Gasteiger partial charge in [-0.2, -0.15) is 5.10 Å². The molecule has 0 saturated heterocycles. The molecule has 2 heterocycles. The highest BCUT2D eigenvalue weighted by atomic mass is 16.6. The van der Waals surface area contributed by atoms with Gasteiger partial charge < -0.3 is 0 Å². The van der Waals surface area contributed by atoms with Crippen LogP contribution in [0.25, 0.3) is 0 Å². The molecule has 0 aliphatic rings. The Bertz CT molecular complexity index is 853. The van der Waals surface area contributed by atoms with Gasteiger partial charge in [-0.15, -0.1) is 5.10 Å². The molecular formula is C16H19N7O2. The van der Waals surface area contributed by atoms with Crippen molar-refractivity contribution in [2.45, 2.75) is 39.7 Å². The van der Waals surface area contributed by atoms with E-state index in [1.54, 1.807) is 12.1 Å². The summed E-state index contributed by atoms with van der Waals surface area (Å²) in [4.78, 5) is 10.4. The van der Waals surface area contributed by atoms with Crippen molar-refractivity contribution in [3.05, 3.63) is 62.7 Å². The van der Waals surface area contributed by atoms with Gasteiger partial charge in [-0.1, -0.05) is 26.0 Å². The molecule has 130 valence electrons. The SMILES string of the molecule is CCc1nn(Cc2ccc([N+](=O)[O-])cc2)c(CC)c1Cc1nnn[nH]1. The smallest absolute Gasteiger partial charge is 0.265 e. The molecule has 0 bridgehead atoms. The van der Waals surface area contributed by atoms with Crippen molar-refractivity contribution >= 4 is 5.69 Å². The fourth-order valence-electron chi connectivity index (χ4n) is 2.92. The summed E-state index contributed by atoms with van der Waals surface area (Å²) in [5.74, 6) is 0.708. The number of nitrogens with one attached hydrogen (secondary N) is 1. The lowest BCUT2D eigenvalue weighted by Gasteiger charge is -2.07. The molecule has 9 nitrogen and oxygen atoms in total. The van der Waals surface area contributed by atoms with Crippen molar-refractivity contribution in [3.8, 4) is 0 Å². The van der Waals surface area contributed by atoms with E-state index in [-0.39, 0.29) is 5.69 Å². The summed E-state index contributed by atoms with van der Waals surface area (Å²) in [5, 5.41) is 29.5. The van der Waals surface area contributed by atoms with E-state index < -0.39 is 4.92 Å². The molecule has 0 amide bonds. The van der Waals surface area contributed by atoms with E-state index in [9.17, 15) is 10.1 Å². The topological polar surface area (TPSA) is 115 Å². The number of H-pyrrole nitrogens is 1. The molecule has 1 aromatic carbocycles. The van der Waals surface area contributed by atoms with Crippen LogP contribution >= 0.6 is 0 Å². The third-order valence-corrected chi connectivity index (χ3v) is 4.13. The summed E-state index contributed by atoms with van der Waals surface area (Å²) < 4.78 is 1.97. The number of nitro groups is 1. The van der Waals surface area contributed by atoms with E-state index in [0.29, 0.717) is 18.8 Å². The number of non-ortho nitro benzene ring substituents is 1. The summed E-state index contributed by atoms with van der Waals surface area (Å²) >= 11 is 0. The Balaban J connectivity index is 1.90. The summed E-state index contributed by atoms with van der Waals surface area (Å²) in [6.07, 6.45) is 2.26. The first-order valence-corrected chi connectivity index (χ1v) is 8.15. The predicted molar refractivity (Wildman–Crippen MR) is 90.2 cm³/mol. The molecule has 3 rings (SSSR count). The predicted octanol–water partition coefficient (Wildman–Crippen LogP) is 2.07. The molecular weight excluding hydrogens is 322 g/mol. The van der Waals surface area contributed by atoms with Gasteiger partial charge in [0.05, 0.1) is 17.2 Å². The number of benzene rings is 1. The van der Waals surface area contributed by atoms with Gasteiger partial charge in [0.25, 0.3) is 5.69 Å². The summed E-state index contributed by atoms with van der Waals surface area (Å²) in [6.45, 7) is 4.73. The van der Waals surface area contributed by atoms with Crippen molar-refractivity contribution in [2.75, 3.05) is 0 Å². The minimum atomic E-state index is -0.395. The van der Waals surface area contributed by atoms with Crippen molar-refractivity contribution in [1.29, 1.82) is 0 Å². The molecule has 0 spiro atoms. The maximum atomic E-state index is 10.8. The van der Waals surface area contributed by atoms with Crippen LogP contribution in [0.4, 0.5) is 5.69 Å². The molecule has 0 atom stereocenters. The lowest BCUT2D eigenvalue weighted by molar-refractivity contribution is -0.384. The maximum absolute atomic E-state index is 10.8. The van der Waals surface area contributed by atoms with Gasteiger partial charge in [-0.3, -0.25) is 14.8 Å². The molecule has 0 aliphatic carbocycles. The molecule has 3 aromatic rings. The van der Waals surface area contributed by atoms with Crippen molar-refractivity contribution in [3.63, 3.8) is 0 Å². The van der Waals surface area contributed by atoms with Crippen LogP contribution in [-0.2, 0) is 25.8 Å². The van der Waals surface area contributed by atoms with E-state index in [4.69, 9.17) is 5.10 Å². The van der Waals surface area contributed by atoms with Gasteiger partial charge in [0.1, 0.15) is 0 Å². The fraction of sp³-hybridized carbons (Fsp3) is 0.375. The zero-order valence-corrected chi connectivity index (χ0v) is 14.1. The molecule has 25 heavy (non-hydrogen) atoms. The summed E-state index contributed by atoms with van der Waals surface area (Å²) in [6, 6.07) is 6.58. The second kappa shape index (κ2) is 7.20. The summed E-state index contributed by atoms with van der Waals surface area (Å²) in [7, 11) is 0. The average molecular weight is 341 g/mol. The molecule has 0 saturated carbocycles. The number of rotatable bonds is 7. The molecule has 2 aromatic heterocycles. The van der Waals surface area contributed by atoms with Crippen LogP contribution in [0, 0.1) is 10.1 Å². The maximum Gasteiger partial charge on any atom is 0.269 e. The lowest BCUT2D eigenvalue weighted by Crippen LogP contribution is -2.07. The van der Waals surface area contributed by atoms with Crippen LogP contribution in [0.1, 0.15) is 42.2 Å². The molecule has 0 radical (unpaired) electrons. The first-order valence-electron chi connectivity index (χ1n) is 8.15. The van der Waals surface area contributed by atoms with Crippen molar-refractivity contribution in [2.24, 2.45) is 0 Å². The van der Waals surface area contributed by atoms with Crippen LogP contribution < -0.4 is 0 Å². The van der Waals surface area contributed by atoms with E-state index in [1.807, 2.05) is 4.68 Å². The fourth-order valence-corrected chi connectivity index (χ4v) is 2.92. The third kappa shape index (κ3) is 3.54. The van der Waals surface area contributed by atoms with Gasteiger partial charge >= 0.3 is 0 Å². The number of tetrazole rings is 1. The molecule has 0 aliphatic heterocycles. The van der Waals surface area contributed by atoms with Gasteiger partial charge in [0.2, 0.25) is 0 Å². The van der Waals surface area contributed by atoms with E-state index in [0.717, 1.165) is 35.4 Å². The highest BCUT2D eigenvalue weighted by Crippen LogP contribution is 2.21. The Hall–Kier alpha value is -3.10. The quantitative estimate of drug-likeness (QED) is 0.519. The first kappa shape index (κ1) is 16.7. The number of aromatic nitrogens is 6. The Morgan fingerprint density at radius 3 is 2.52 bits per heavy atom. The number of nitro benzene ring substituents is 1. The monoisotopic (exact) mass is 341 g/mol. The second-order valence-corrected chi connectivity index (χ2v) is 5.68. The number of nitrogens with zero attached hydrogens (tertiary/aromatic N) is 6. The zero-order chi connectivity index (χ0) is 17.8. The Morgan fingerprint density at radius 2 is 1.96 bits per heavy atom. The molecule has 0 fully saturated rings. The van der Waals surface area contributed by atoms with Crippen molar-refractivity contribution < 1.29 is 4.92 Å². The number of aryl methyl sites for hydroxylation is 1. The lowest BCUT2D eigenvalue weighted by atomic mass is 10.1. The highest BCUT2D eigenvalue weighted by Gasteiger charge is 2.17. The van der Waals surface area contributed by atoms with Gasteiger partial charge in [-0.05, 0) is 28.8 Å². The minimum absolute atomic E-state index is 0.0904. The third-order valence-electron chi connectivity index (χ3n) is 4.13. The first-order chi connectivity index (χ1) is 12.1. The molecule has 0 unspecified atom stereocenters. The number of hydrogen-bond donors (Lipinski definition) is 1. The summed E-state index contributed by atoms with van der Waals surface area (Å²) in [5.41, 5.74) is 4.36. The Labute approximate surface area is 144 Å². The van der Waals surface area contributed by atoms with Gasteiger partial charge in [0.15, 0.2) is 5.82 Å². The van der Waals surface area contributed by atoms with Crippen LogP contribution in [0.2, 0.25) is 0 Å². The second-order valence-electron chi connectivity index (χ2n) is 5.68. The van der Waals surface area contributed by atoms with Crippen LogP contribution in [0.3, 0.4) is 0 Å². The van der Waals surface area contributed by atoms with E-state index >= 15 is 0 Å². The van der Waals surface area contributed by atoms with Crippen LogP contribution in [0.5, 0.6) is 0 Å². The van der Waals surface area contributed by atoms with Crippen LogP contribution in [-0.4, -0.2) is 35.3 Å². The zero-order valence-electron chi connectivity index (χ0n) is 14.1. The van der Waals surface area contributed by atoms with Gasteiger partial charge in [0, 0.05) is 29.8 Å². The minimum Gasteiger partial charge on any atom is -0.265 e. The number of aromatic amines is 1. The number of hydrogen-bond acceptors (Lipinski definition) is 6. The molecule has 9 heteroatoms. The normalized spacial score (nSPS) is 11.0. The highest BCUT2D eigenvalue weighted by molar-refractivity contribution is 5.34. The largest absolute Gasteiger partial charge is 0.269 e. The van der Waals surface area contributed by atoms with Crippen LogP contribution in [0.15, 0.2) is 24.3 Å².